The average molecular weight is 393 g/mol. The van der Waals surface area contributed by atoms with Crippen molar-refractivity contribution < 1.29 is 14.3 Å². The Morgan fingerprint density at radius 1 is 1.00 bits per heavy atom. The fraction of sp³-hybridized carbons (Fsp3) is 0.273. The first-order valence-electron chi connectivity index (χ1n) is 9.42. The molecule has 2 aromatic carbocycles. The largest absolute Gasteiger partial charge is 0.383 e. The minimum atomic E-state index is -0.241. The maximum absolute atomic E-state index is 12.6. The highest BCUT2D eigenvalue weighted by molar-refractivity contribution is 5.97. The van der Waals surface area contributed by atoms with E-state index >= 15 is 0 Å². The number of fused-ring (bicyclic) bond motifs is 1. The highest BCUT2D eigenvalue weighted by Crippen LogP contribution is 2.13. The Kier molecular flexibility index (Phi) is 6.86. The number of rotatable bonds is 9. The summed E-state index contributed by atoms with van der Waals surface area (Å²) < 4.78 is 6.39. The third-order valence-corrected chi connectivity index (χ3v) is 4.58. The molecule has 0 radical (unpaired) electrons. The van der Waals surface area contributed by atoms with E-state index in [4.69, 9.17) is 4.74 Å². The van der Waals surface area contributed by atoms with Crippen molar-refractivity contribution in [1.29, 1.82) is 0 Å². The third kappa shape index (κ3) is 5.14. The summed E-state index contributed by atoms with van der Waals surface area (Å²) in [5.74, 6) is -0.313. The summed E-state index contributed by atoms with van der Waals surface area (Å²) in [4.78, 5) is 36.9. The van der Waals surface area contributed by atoms with Gasteiger partial charge in [-0.1, -0.05) is 48.5 Å². The Labute approximate surface area is 168 Å². The molecule has 0 aliphatic rings. The Morgan fingerprint density at radius 3 is 2.41 bits per heavy atom. The number of benzene rings is 2. The molecule has 1 aromatic heterocycles. The highest BCUT2D eigenvalue weighted by Gasteiger charge is 2.13. The van der Waals surface area contributed by atoms with Gasteiger partial charge in [-0.15, -0.1) is 0 Å². The molecule has 1 amide bonds. The monoisotopic (exact) mass is 393 g/mol. The predicted molar refractivity (Wildman–Crippen MR) is 110 cm³/mol. The number of ether oxygens (including phenoxy) is 1. The van der Waals surface area contributed by atoms with Crippen LogP contribution in [0, 0.1) is 0 Å². The molecule has 3 rings (SSSR count). The van der Waals surface area contributed by atoms with E-state index in [0.29, 0.717) is 35.2 Å². The molecule has 0 unspecified atom stereocenters. The zero-order valence-electron chi connectivity index (χ0n) is 16.3. The van der Waals surface area contributed by atoms with Gasteiger partial charge >= 0.3 is 0 Å². The molecule has 3 aromatic rings. The summed E-state index contributed by atoms with van der Waals surface area (Å²) in [5.41, 5.74) is 0.999. The molecule has 0 bridgehead atoms. The summed E-state index contributed by atoms with van der Waals surface area (Å²) in [6, 6.07) is 16.1. The van der Waals surface area contributed by atoms with Gasteiger partial charge in [-0.25, -0.2) is 4.68 Å². The van der Waals surface area contributed by atoms with E-state index in [2.05, 4.69) is 10.4 Å². The predicted octanol–water partition coefficient (Wildman–Crippen LogP) is 2.32. The lowest BCUT2D eigenvalue weighted by Gasteiger charge is -2.11. The Balaban J connectivity index is 1.68. The van der Waals surface area contributed by atoms with Crippen LogP contribution in [0.15, 0.2) is 59.4 Å². The minimum Gasteiger partial charge on any atom is -0.383 e. The Bertz CT molecular complexity index is 1060. The third-order valence-electron chi connectivity index (χ3n) is 4.58. The first-order chi connectivity index (χ1) is 14.1. The topological polar surface area (TPSA) is 90.3 Å². The van der Waals surface area contributed by atoms with Crippen LogP contribution in [0.25, 0.3) is 10.8 Å². The van der Waals surface area contributed by atoms with Gasteiger partial charge in [0.05, 0.1) is 30.8 Å². The molecule has 0 saturated carbocycles. The normalized spacial score (nSPS) is 10.8. The summed E-state index contributed by atoms with van der Waals surface area (Å²) in [5, 5.41) is 8.44. The van der Waals surface area contributed by atoms with Crippen molar-refractivity contribution in [2.24, 2.45) is 0 Å². The fourth-order valence-electron chi connectivity index (χ4n) is 3.03. The second-order valence-electron chi connectivity index (χ2n) is 6.58. The van der Waals surface area contributed by atoms with Crippen molar-refractivity contribution >= 4 is 22.5 Å². The Morgan fingerprint density at radius 2 is 1.69 bits per heavy atom. The van der Waals surface area contributed by atoms with Gasteiger partial charge in [0, 0.05) is 30.9 Å². The van der Waals surface area contributed by atoms with E-state index in [1.54, 1.807) is 43.5 Å². The van der Waals surface area contributed by atoms with Crippen LogP contribution in [0.3, 0.4) is 0 Å². The van der Waals surface area contributed by atoms with Crippen LogP contribution in [0.2, 0.25) is 0 Å². The van der Waals surface area contributed by atoms with Crippen LogP contribution in [0.1, 0.15) is 28.9 Å². The van der Waals surface area contributed by atoms with Gasteiger partial charge in [-0.05, 0) is 6.07 Å². The SMILES string of the molecule is COCCn1nc(CNC(=O)CCC(=O)c2ccccc2)c2ccccc2c1=O. The van der Waals surface area contributed by atoms with E-state index in [-0.39, 0.29) is 36.6 Å². The van der Waals surface area contributed by atoms with Gasteiger partial charge in [0.25, 0.3) is 5.56 Å². The second kappa shape index (κ2) is 9.75. The molecule has 0 aliphatic carbocycles. The lowest BCUT2D eigenvalue weighted by atomic mass is 10.1. The first-order valence-corrected chi connectivity index (χ1v) is 9.42. The first kappa shape index (κ1) is 20.4. The molecule has 0 atom stereocenters. The second-order valence-corrected chi connectivity index (χ2v) is 6.58. The number of nitrogens with zero attached hydrogens (tertiary/aromatic N) is 2. The minimum absolute atomic E-state index is 0.0718. The molecule has 0 spiro atoms. The average Bonchev–Trinajstić information content (AvgIpc) is 2.77. The number of hydrogen-bond donors (Lipinski definition) is 1. The van der Waals surface area contributed by atoms with Crippen molar-refractivity contribution in [3.8, 4) is 0 Å². The van der Waals surface area contributed by atoms with Crippen molar-refractivity contribution in [2.45, 2.75) is 25.9 Å². The molecule has 150 valence electrons. The number of carbonyl (C=O) groups is 2. The molecule has 0 fully saturated rings. The molecule has 1 heterocycles. The summed E-state index contributed by atoms with van der Waals surface area (Å²) in [6.45, 7) is 0.859. The quantitative estimate of drug-likeness (QED) is 0.564. The lowest BCUT2D eigenvalue weighted by molar-refractivity contribution is -0.121. The Hall–Kier alpha value is -3.32. The maximum atomic E-state index is 12.6. The fourth-order valence-corrected chi connectivity index (χ4v) is 3.03. The van der Waals surface area contributed by atoms with Crippen LogP contribution < -0.4 is 10.9 Å². The molecular weight excluding hydrogens is 370 g/mol. The molecule has 1 N–H and O–H groups in total. The van der Waals surface area contributed by atoms with Gasteiger partial charge in [0.15, 0.2) is 5.78 Å². The van der Waals surface area contributed by atoms with Crippen LogP contribution in [0.5, 0.6) is 0 Å². The van der Waals surface area contributed by atoms with E-state index in [1.807, 2.05) is 18.2 Å². The number of aromatic nitrogens is 2. The van der Waals surface area contributed by atoms with Crippen LogP contribution >= 0.6 is 0 Å². The number of amides is 1. The van der Waals surface area contributed by atoms with Crippen molar-refractivity contribution in [1.82, 2.24) is 15.1 Å². The zero-order valence-corrected chi connectivity index (χ0v) is 16.3. The molecule has 0 saturated heterocycles. The van der Waals surface area contributed by atoms with Crippen LogP contribution in [-0.2, 0) is 22.6 Å². The molecule has 7 heteroatoms. The molecule has 29 heavy (non-hydrogen) atoms. The van der Waals surface area contributed by atoms with Gasteiger partial charge in [-0.3, -0.25) is 14.4 Å². The van der Waals surface area contributed by atoms with Gasteiger partial charge in [-0.2, -0.15) is 5.10 Å². The maximum Gasteiger partial charge on any atom is 0.274 e. The number of methoxy groups -OCH3 is 1. The van der Waals surface area contributed by atoms with E-state index in [1.165, 1.54) is 4.68 Å². The van der Waals surface area contributed by atoms with Gasteiger partial charge < -0.3 is 10.1 Å². The van der Waals surface area contributed by atoms with Crippen LogP contribution in [-0.4, -0.2) is 35.2 Å². The highest BCUT2D eigenvalue weighted by atomic mass is 16.5. The number of nitrogens with one attached hydrogen (secondary N) is 1. The lowest BCUT2D eigenvalue weighted by Crippen LogP contribution is -2.29. The number of hydrogen-bond acceptors (Lipinski definition) is 5. The number of carbonyl (C=O) groups excluding carboxylic acids is 2. The standard InChI is InChI=1S/C22H23N3O4/c1-29-14-13-25-22(28)18-10-6-5-9-17(18)19(24-25)15-23-21(27)12-11-20(26)16-7-3-2-4-8-16/h2-10H,11-15H2,1H3,(H,23,27). The summed E-state index contributed by atoms with van der Waals surface area (Å²) in [6.07, 6.45) is 0.229. The molecule has 0 aliphatic heterocycles. The van der Waals surface area contributed by atoms with Gasteiger partial charge in [0.1, 0.15) is 0 Å². The summed E-state index contributed by atoms with van der Waals surface area (Å²) >= 11 is 0. The van der Waals surface area contributed by atoms with Crippen molar-refractivity contribution in [2.75, 3.05) is 13.7 Å². The van der Waals surface area contributed by atoms with E-state index in [9.17, 15) is 14.4 Å². The van der Waals surface area contributed by atoms with E-state index < -0.39 is 0 Å². The molecule has 7 nitrogen and oxygen atoms in total. The number of ketones is 1. The number of Topliss-reactive ketones (excluding diaryl/α,β-unsaturated/α-hetero) is 1. The van der Waals surface area contributed by atoms with Crippen molar-refractivity contribution in [3.63, 3.8) is 0 Å². The van der Waals surface area contributed by atoms with Gasteiger partial charge in [0.2, 0.25) is 5.91 Å². The van der Waals surface area contributed by atoms with Crippen molar-refractivity contribution in [3.05, 3.63) is 76.2 Å². The zero-order chi connectivity index (χ0) is 20.6. The smallest absolute Gasteiger partial charge is 0.274 e. The molecular formula is C22H23N3O4. The van der Waals surface area contributed by atoms with Crippen LogP contribution in [0.4, 0.5) is 0 Å². The summed E-state index contributed by atoms with van der Waals surface area (Å²) in [7, 11) is 1.56. The van der Waals surface area contributed by atoms with E-state index in [0.717, 1.165) is 0 Å².